The molecule has 0 atom stereocenters. The van der Waals surface area contributed by atoms with Crippen LogP contribution in [0.4, 0.5) is 0 Å². The Hall–Kier alpha value is -1.69. The largest absolute Gasteiger partial charge is 0.392 e. The number of pyridine rings is 1. The van der Waals surface area contributed by atoms with Gasteiger partial charge in [0.25, 0.3) is 0 Å². The summed E-state index contributed by atoms with van der Waals surface area (Å²) < 4.78 is 0. The highest BCUT2D eigenvalue weighted by Gasteiger charge is 2.06. The van der Waals surface area contributed by atoms with Crippen LogP contribution in [-0.2, 0) is 12.4 Å². The SMILES string of the molecule is OCc1ccc(SCc2csc(-c3ccccn3)n2)cc1. The third-order valence-corrected chi connectivity index (χ3v) is 4.89. The zero-order valence-electron chi connectivity index (χ0n) is 11.3. The number of benzene rings is 1. The van der Waals surface area contributed by atoms with Crippen molar-refractivity contribution in [2.45, 2.75) is 17.3 Å². The molecule has 3 nitrogen and oxygen atoms in total. The molecule has 0 fully saturated rings. The summed E-state index contributed by atoms with van der Waals surface area (Å²) >= 11 is 3.37. The van der Waals surface area contributed by atoms with Crippen LogP contribution in [0, 0.1) is 0 Å². The van der Waals surface area contributed by atoms with Crippen molar-refractivity contribution in [2.75, 3.05) is 0 Å². The van der Waals surface area contributed by atoms with Crippen molar-refractivity contribution < 1.29 is 5.11 Å². The van der Waals surface area contributed by atoms with E-state index < -0.39 is 0 Å². The summed E-state index contributed by atoms with van der Waals surface area (Å²) in [6, 6.07) is 13.8. The maximum atomic E-state index is 9.03. The Kier molecular flexibility index (Phi) is 4.65. The first-order valence-electron chi connectivity index (χ1n) is 6.53. The number of nitrogens with zero attached hydrogens (tertiary/aromatic N) is 2. The van der Waals surface area contributed by atoms with Crippen molar-refractivity contribution >= 4 is 23.1 Å². The molecule has 3 rings (SSSR count). The van der Waals surface area contributed by atoms with Crippen LogP contribution < -0.4 is 0 Å². The summed E-state index contributed by atoms with van der Waals surface area (Å²) in [6.07, 6.45) is 1.79. The molecule has 0 unspecified atom stereocenters. The first kappa shape index (κ1) is 14.3. The maximum Gasteiger partial charge on any atom is 0.142 e. The third-order valence-electron chi connectivity index (χ3n) is 2.93. The van der Waals surface area contributed by atoms with Gasteiger partial charge in [-0.2, -0.15) is 0 Å². The van der Waals surface area contributed by atoms with Gasteiger partial charge in [-0.1, -0.05) is 18.2 Å². The molecule has 0 aliphatic rings. The smallest absolute Gasteiger partial charge is 0.142 e. The molecule has 0 saturated carbocycles. The Labute approximate surface area is 131 Å². The number of thiazole rings is 1. The number of aliphatic hydroxyl groups excluding tert-OH is 1. The van der Waals surface area contributed by atoms with E-state index in [-0.39, 0.29) is 6.61 Å². The van der Waals surface area contributed by atoms with Gasteiger partial charge in [0, 0.05) is 22.2 Å². The Bertz CT molecular complexity index is 696. The lowest BCUT2D eigenvalue weighted by Gasteiger charge is -2.01. The highest BCUT2D eigenvalue weighted by atomic mass is 32.2. The molecule has 0 bridgehead atoms. The molecular formula is C16H14N2OS2. The third kappa shape index (κ3) is 3.69. The number of aliphatic hydroxyl groups is 1. The summed E-state index contributed by atoms with van der Waals surface area (Å²) in [5.74, 6) is 0.835. The standard InChI is InChI=1S/C16H14N2OS2/c19-9-12-4-6-14(7-5-12)20-10-13-11-21-16(18-13)15-3-1-2-8-17-15/h1-8,11,19H,9-10H2. The summed E-state index contributed by atoms with van der Waals surface area (Å²) in [7, 11) is 0. The van der Waals surface area contributed by atoms with Crippen LogP contribution in [0.15, 0.2) is 58.9 Å². The lowest BCUT2D eigenvalue weighted by Crippen LogP contribution is -1.85. The predicted octanol–water partition coefficient (Wildman–Crippen LogP) is 3.99. The molecule has 1 N–H and O–H groups in total. The van der Waals surface area contributed by atoms with Gasteiger partial charge in [-0.3, -0.25) is 4.98 Å². The van der Waals surface area contributed by atoms with Crippen LogP contribution in [0.1, 0.15) is 11.3 Å². The first-order valence-corrected chi connectivity index (χ1v) is 8.40. The second-order valence-corrected chi connectivity index (χ2v) is 6.36. The van der Waals surface area contributed by atoms with E-state index >= 15 is 0 Å². The molecule has 0 saturated heterocycles. The maximum absolute atomic E-state index is 9.03. The fourth-order valence-corrected chi connectivity index (χ4v) is 3.52. The van der Waals surface area contributed by atoms with E-state index in [1.54, 1.807) is 29.3 Å². The molecule has 5 heteroatoms. The second kappa shape index (κ2) is 6.85. The Morgan fingerprint density at radius 2 is 1.95 bits per heavy atom. The summed E-state index contributed by atoms with van der Waals surface area (Å²) in [5, 5.41) is 12.1. The first-order chi connectivity index (χ1) is 10.3. The number of rotatable bonds is 5. The van der Waals surface area contributed by atoms with Crippen LogP contribution in [0.3, 0.4) is 0 Å². The highest BCUT2D eigenvalue weighted by molar-refractivity contribution is 7.98. The van der Waals surface area contributed by atoms with Crippen LogP contribution in [0.25, 0.3) is 10.7 Å². The van der Waals surface area contributed by atoms with Gasteiger partial charge in [0.05, 0.1) is 18.0 Å². The lowest BCUT2D eigenvalue weighted by molar-refractivity contribution is 0.282. The van der Waals surface area contributed by atoms with Gasteiger partial charge in [0.15, 0.2) is 0 Å². The van der Waals surface area contributed by atoms with Gasteiger partial charge in [-0.15, -0.1) is 23.1 Å². The lowest BCUT2D eigenvalue weighted by atomic mass is 10.2. The minimum Gasteiger partial charge on any atom is -0.392 e. The fourth-order valence-electron chi connectivity index (χ4n) is 1.83. The molecule has 1 aromatic carbocycles. The quantitative estimate of drug-likeness (QED) is 0.723. The molecule has 0 aliphatic carbocycles. The van der Waals surface area contributed by atoms with Crippen molar-refractivity contribution in [1.82, 2.24) is 9.97 Å². The van der Waals surface area contributed by atoms with E-state index in [4.69, 9.17) is 5.11 Å². The summed E-state index contributed by atoms with van der Waals surface area (Å²) in [6.45, 7) is 0.0878. The molecule has 3 aromatic rings. The molecule has 0 radical (unpaired) electrons. The molecular weight excluding hydrogens is 300 g/mol. The van der Waals surface area contributed by atoms with E-state index in [2.05, 4.69) is 15.3 Å². The molecule has 2 aromatic heterocycles. The van der Waals surface area contributed by atoms with E-state index in [1.165, 1.54) is 4.90 Å². The Balaban J connectivity index is 1.64. The van der Waals surface area contributed by atoms with Gasteiger partial charge in [0.1, 0.15) is 5.01 Å². The minimum atomic E-state index is 0.0878. The molecule has 0 amide bonds. The Morgan fingerprint density at radius 1 is 1.10 bits per heavy atom. The van der Waals surface area contributed by atoms with Crippen molar-refractivity contribution in [3.05, 3.63) is 65.3 Å². The predicted molar refractivity (Wildman–Crippen MR) is 87.3 cm³/mol. The van der Waals surface area contributed by atoms with E-state index in [0.717, 1.165) is 27.7 Å². The topological polar surface area (TPSA) is 46.0 Å². The molecule has 21 heavy (non-hydrogen) atoms. The normalized spacial score (nSPS) is 10.7. The van der Waals surface area contributed by atoms with E-state index in [1.807, 2.05) is 42.5 Å². The molecule has 0 spiro atoms. The van der Waals surface area contributed by atoms with Crippen molar-refractivity contribution in [3.63, 3.8) is 0 Å². The van der Waals surface area contributed by atoms with Crippen LogP contribution >= 0.6 is 23.1 Å². The van der Waals surface area contributed by atoms with Crippen molar-refractivity contribution in [2.24, 2.45) is 0 Å². The van der Waals surface area contributed by atoms with Gasteiger partial charge in [-0.25, -0.2) is 4.98 Å². The molecule has 106 valence electrons. The number of thioether (sulfide) groups is 1. The fraction of sp³-hybridized carbons (Fsp3) is 0.125. The summed E-state index contributed by atoms with van der Waals surface area (Å²) in [5.41, 5.74) is 2.92. The average molecular weight is 314 g/mol. The zero-order chi connectivity index (χ0) is 14.5. The van der Waals surface area contributed by atoms with Gasteiger partial charge in [0.2, 0.25) is 0 Å². The van der Waals surface area contributed by atoms with Gasteiger partial charge in [-0.05, 0) is 29.8 Å². The zero-order valence-corrected chi connectivity index (χ0v) is 12.9. The monoisotopic (exact) mass is 314 g/mol. The summed E-state index contributed by atoms with van der Waals surface area (Å²) in [4.78, 5) is 10.1. The number of hydrogen-bond donors (Lipinski definition) is 1. The van der Waals surface area contributed by atoms with Gasteiger partial charge >= 0.3 is 0 Å². The Morgan fingerprint density at radius 3 is 2.67 bits per heavy atom. The van der Waals surface area contributed by atoms with Gasteiger partial charge < -0.3 is 5.11 Å². The van der Waals surface area contributed by atoms with Crippen LogP contribution in [-0.4, -0.2) is 15.1 Å². The second-order valence-electron chi connectivity index (χ2n) is 4.45. The highest BCUT2D eigenvalue weighted by Crippen LogP contribution is 2.27. The van der Waals surface area contributed by atoms with Crippen molar-refractivity contribution in [1.29, 1.82) is 0 Å². The average Bonchev–Trinajstić information content (AvgIpc) is 3.03. The minimum absolute atomic E-state index is 0.0878. The molecule has 0 aliphatic heterocycles. The molecule has 2 heterocycles. The van der Waals surface area contributed by atoms with Crippen LogP contribution in [0.2, 0.25) is 0 Å². The van der Waals surface area contributed by atoms with E-state index in [9.17, 15) is 0 Å². The van der Waals surface area contributed by atoms with Crippen molar-refractivity contribution in [3.8, 4) is 10.7 Å². The van der Waals surface area contributed by atoms with E-state index in [0.29, 0.717) is 0 Å². The number of hydrogen-bond acceptors (Lipinski definition) is 5. The number of aromatic nitrogens is 2. The van der Waals surface area contributed by atoms with Crippen LogP contribution in [0.5, 0.6) is 0 Å².